The number of nitrogens with zero attached hydrogens (tertiary/aromatic N) is 1. The summed E-state index contributed by atoms with van der Waals surface area (Å²) in [6.45, 7) is 0. The van der Waals surface area contributed by atoms with Gasteiger partial charge in [-0.25, -0.2) is 0 Å². The molecular formula is C14H6Cl2N2O7S. The van der Waals surface area contributed by atoms with Crippen LogP contribution >= 0.6 is 23.2 Å². The highest BCUT2D eigenvalue weighted by Gasteiger charge is 2.40. The second-order valence-corrected chi connectivity index (χ2v) is 7.46. The second-order valence-electron chi connectivity index (χ2n) is 5.26. The molecule has 1 aliphatic carbocycles. The van der Waals surface area contributed by atoms with Crippen molar-refractivity contribution in [3.8, 4) is 0 Å². The molecule has 3 N–H and O–H groups in total. The van der Waals surface area contributed by atoms with E-state index < -0.39 is 54.0 Å². The van der Waals surface area contributed by atoms with Gasteiger partial charge in [0.25, 0.3) is 15.8 Å². The maximum atomic E-state index is 12.8. The summed E-state index contributed by atoms with van der Waals surface area (Å²) >= 11 is 11.7. The molecular weight excluding hydrogens is 411 g/mol. The standard InChI is InChI=1S/C14H6Cl2N2O7S/c15-6-1-4-5(2-7(6)16)14(20)11-10(13(4)19)8(18(21)22)3-9(12(11)17)26(23,24)25/h1-3H,17H2,(H,23,24,25). The van der Waals surface area contributed by atoms with Crippen molar-refractivity contribution in [2.75, 3.05) is 5.73 Å². The molecule has 2 aromatic rings. The number of hydrogen-bond acceptors (Lipinski definition) is 7. The smallest absolute Gasteiger partial charge is 0.296 e. The molecule has 0 fully saturated rings. The molecule has 0 unspecified atom stereocenters. The molecule has 0 aliphatic heterocycles. The summed E-state index contributed by atoms with van der Waals surface area (Å²) in [5.74, 6) is -1.91. The lowest BCUT2D eigenvalue weighted by molar-refractivity contribution is -0.385. The van der Waals surface area contributed by atoms with Gasteiger partial charge in [0.15, 0.2) is 5.78 Å². The van der Waals surface area contributed by atoms with Gasteiger partial charge in [0.05, 0.1) is 26.2 Å². The molecule has 1 aliphatic rings. The number of nitrogens with two attached hydrogens (primary N) is 1. The maximum absolute atomic E-state index is 12.8. The number of carbonyl (C=O) groups is 2. The van der Waals surface area contributed by atoms with E-state index in [0.717, 1.165) is 12.1 Å². The van der Waals surface area contributed by atoms with Crippen molar-refractivity contribution in [1.29, 1.82) is 0 Å². The fourth-order valence-electron chi connectivity index (χ4n) is 2.68. The van der Waals surface area contributed by atoms with Crippen LogP contribution in [0.4, 0.5) is 11.4 Å². The van der Waals surface area contributed by atoms with Crippen LogP contribution in [0.3, 0.4) is 0 Å². The molecule has 0 bridgehead atoms. The Morgan fingerprint density at radius 3 is 1.88 bits per heavy atom. The van der Waals surface area contributed by atoms with Crippen LogP contribution in [-0.4, -0.2) is 29.5 Å². The van der Waals surface area contributed by atoms with Crippen molar-refractivity contribution in [3.63, 3.8) is 0 Å². The summed E-state index contributed by atoms with van der Waals surface area (Å²) in [5, 5.41) is 11.2. The van der Waals surface area contributed by atoms with Gasteiger partial charge in [0.2, 0.25) is 5.78 Å². The fraction of sp³-hybridized carbons (Fsp3) is 0. The van der Waals surface area contributed by atoms with Crippen LogP contribution in [0, 0.1) is 10.1 Å². The molecule has 0 spiro atoms. The van der Waals surface area contributed by atoms with Gasteiger partial charge in [-0.2, -0.15) is 8.42 Å². The Kier molecular flexibility index (Phi) is 4.03. The molecule has 26 heavy (non-hydrogen) atoms. The van der Waals surface area contributed by atoms with Crippen molar-refractivity contribution in [2.24, 2.45) is 0 Å². The molecule has 0 heterocycles. The Labute approximate surface area is 155 Å². The van der Waals surface area contributed by atoms with Gasteiger partial charge in [-0.1, -0.05) is 23.2 Å². The number of nitrogen functional groups attached to an aromatic ring is 1. The van der Waals surface area contributed by atoms with Crippen molar-refractivity contribution < 1.29 is 27.5 Å². The van der Waals surface area contributed by atoms with E-state index >= 15 is 0 Å². The molecule has 9 nitrogen and oxygen atoms in total. The number of ketones is 2. The van der Waals surface area contributed by atoms with E-state index in [4.69, 9.17) is 28.9 Å². The van der Waals surface area contributed by atoms with Gasteiger partial charge in [0.1, 0.15) is 10.5 Å². The van der Waals surface area contributed by atoms with E-state index in [2.05, 4.69) is 0 Å². The number of anilines is 1. The summed E-state index contributed by atoms with van der Waals surface area (Å²) in [7, 11) is -5.00. The number of carbonyl (C=O) groups excluding carboxylic acids is 2. The van der Waals surface area contributed by atoms with Crippen LogP contribution in [0.25, 0.3) is 0 Å². The number of hydrogen-bond donors (Lipinski definition) is 2. The second kappa shape index (κ2) is 5.74. The van der Waals surface area contributed by atoms with E-state index in [1.54, 1.807) is 0 Å². The zero-order chi connectivity index (χ0) is 19.5. The van der Waals surface area contributed by atoms with Crippen LogP contribution in [0.15, 0.2) is 23.1 Å². The normalized spacial score (nSPS) is 13.3. The minimum absolute atomic E-state index is 0.0554. The van der Waals surface area contributed by atoms with Gasteiger partial charge in [0, 0.05) is 17.2 Å². The van der Waals surface area contributed by atoms with Crippen molar-refractivity contribution in [1.82, 2.24) is 0 Å². The zero-order valence-corrected chi connectivity index (χ0v) is 14.6. The largest absolute Gasteiger partial charge is 0.397 e. The Bertz CT molecular complexity index is 1160. The first-order valence-electron chi connectivity index (χ1n) is 6.62. The van der Waals surface area contributed by atoms with Gasteiger partial charge in [-0.15, -0.1) is 0 Å². The summed E-state index contributed by atoms with van der Waals surface area (Å²) in [4.78, 5) is 34.7. The third kappa shape index (κ3) is 2.54. The average molecular weight is 417 g/mol. The molecule has 2 aromatic carbocycles. The van der Waals surface area contributed by atoms with E-state index in [1.165, 1.54) is 0 Å². The first-order chi connectivity index (χ1) is 11.9. The minimum atomic E-state index is -5.00. The highest BCUT2D eigenvalue weighted by atomic mass is 35.5. The maximum Gasteiger partial charge on any atom is 0.296 e. The van der Waals surface area contributed by atoms with Crippen LogP contribution in [0.1, 0.15) is 31.8 Å². The third-order valence-corrected chi connectivity index (χ3v) is 5.40. The van der Waals surface area contributed by atoms with Crippen LogP contribution < -0.4 is 5.73 Å². The predicted octanol–water partition coefficient (Wildman–Crippen LogP) is 2.51. The topological polar surface area (TPSA) is 158 Å². The van der Waals surface area contributed by atoms with E-state index in [-0.39, 0.29) is 21.2 Å². The van der Waals surface area contributed by atoms with Crippen LogP contribution in [-0.2, 0) is 10.1 Å². The molecule has 0 saturated heterocycles. The summed E-state index contributed by atoms with van der Waals surface area (Å²) in [6, 6.07) is 2.59. The van der Waals surface area contributed by atoms with E-state index in [9.17, 15) is 32.7 Å². The monoisotopic (exact) mass is 416 g/mol. The molecule has 0 aromatic heterocycles. The zero-order valence-electron chi connectivity index (χ0n) is 12.3. The Morgan fingerprint density at radius 1 is 1.00 bits per heavy atom. The summed E-state index contributed by atoms with van der Waals surface area (Å²) in [6.07, 6.45) is 0. The number of nitro benzene ring substituents is 1. The molecule has 0 radical (unpaired) electrons. The molecule has 0 amide bonds. The molecule has 3 rings (SSSR count). The van der Waals surface area contributed by atoms with Gasteiger partial charge in [-0.3, -0.25) is 24.3 Å². The molecule has 0 atom stereocenters. The van der Waals surface area contributed by atoms with E-state index in [0.29, 0.717) is 6.07 Å². The van der Waals surface area contributed by atoms with Crippen LogP contribution in [0.5, 0.6) is 0 Å². The minimum Gasteiger partial charge on any atom is -0.397 e. The van der Waals surface area contributed by atoms with Gasteiger partial charge >= 0.3 is 0 Å². The van der Waals surface area contributed by atoms with Gasteiger partial charge in [-0.05, 0) is 12.1 Å². The van der Waals surface area contributed by atoms with Crippen molar-refractivity contribution in [2.45, 2.75) is 4.90 Å². The third-order valence-electron chi connectivity index (χ3n) is 3.79. The fourth-order valence-corrected chi connectivity index (χ4v) is 3.64. The Morgan fingerprint density at radius 2 is 1.46 bits per heavy atom. The first kappa shape index (κ1) is 18.3. The molecule has 12 heteroatoms. The summed E-state index contributed by atoms with van der Waals surface area (Å²) in [5.41, 5.74) is 2.02. The Hall–Kier alpha value is -2.53. The lowest BCUT2D eigenvalue weighted by Crippen LogP contribution is -2.25. The summed E-state index contributed by atoms with van der Waals surface area (Å²) < 4.78 is 32.2. The lowest BCUT2D eigenvalue weighted by atomic mass is 9.82. The SMILES string of the molecule is Nc1c(S(=O)(=O)O)cc([N+](=O)[O-])c2c1C(=O)c1cc(Cl)c(Cl)cc1C2=O. The Balaban J connectivity index is 2.50. The van der Waals surface area contributed by atoms with E-state index in [1.807, 2.05) is 0 Å². The number of nitro groups is 1. The van der Waals surface area contributed by atoms with Crippen molar-refractivity contribution in [3.05, 3.63) is 60.6 Å². The van der Waals surface area contributed by atoms with Crippen molar-refractivity contribution >= 4 is 56.3 Å². The predicted molar refractivity (Wildman–Crippen MR) is 90.7 cm³/mol. The number of halogens is 2. The van der Waals surface area contributed by atoms with Gasteiger partial charge < -0.3 is 5.73 Å². The highest BCUT2D eigenvalue weighted by Crippen LogP contribution is 2.41. The quantitative estimate of drug-likeness (QED) is 0.279. The first-order valence-corrected chi connectivity index (χ1v) is 8.81. The molecule has 0 saturated carbocycles. The van der Waals surface area contributed by atoms with Crippen LogP contribution in [0.2, 0.25) is 10.0 Å². The molecule has 134 valence electrons. The lowest BCUT2D eigenvalue weighted by Gasteiger charge is -2.20. The highest BCUT2D eigenvalue weighted by molar-refractivity contribution is 7.86. The average Bonchev–Trinajstić information content (AvgIpc) is 2.52. The number of benzene rings is 2. The number of fused-ring (bicyclic) bond motifs is 2. The number of rotatable bonds is 2.